The molecule has 0 heterocycles. The molecule has 0 atom stereocenters. The van der Waals surface area contributed by atoms with E-state index in [1.807, 2.05) is 45.1 Å². The van der Waals surface area contributed by atoms with Gasteiger partial charge in [-0.1, -0.05) is 82.2 Å². The molecule has 106 valence electrons. The fourth-order valence-electron chi connectivity index (χ4n) is 2.03. The minimum absolute atomic E-state index is 1.12. The molecule has 0 aromatic heterocycles. The molecule has 0 aliphatic carbocycles. The van der Waals surface area contributed by atoms with Gasteiger partial charge in [-0.25, -0.2) is 0 Å². The van der Waals surface area contributed by atoms with Gasteiger partial charge in [0.25, 0.3) is 0 Å². The van der Waals surface area contributed by atoms with Gasteiger partial charge in [0.05, 0.1) is 0 Å². The minimum atomic E-state index is 1.12. The van der Waals surface area contributed by atoms with E-state index in [2.05, 4.69) is 44.9 Å². The molecule has 0 saturated carbocycles. The Balaban J connectivity index is 0.00000172. The third-order valence-corrected chi connectivity index (χ3v) is 2.87. The van der Waals surface area contributed by atoms with Crippen LogP contribution in [0.4, 0.5) is 0 Å². The van der Waals surface area contributed by atoms with Gasteiger partial charge >= 0.3 is 0 Å². The number of rotatable bonds is 5. The molecule has 0 fully saturated rings. The molecule has 0 N–H and O–H groups in total. The number of benzene rings is 1. The van der Waals surface area contributed by atoms with Crippen LogP contribution in [0.1, 0.15) is 43.0 Å². The molecule has 20 heavy (non-hydrogen) atoms. The smallest absolute Gasteiger partial charge is 0.0106 e. The molecular formula is C20H26. The molecule has 0 aliphatic rings. The third kappa shape index (κ3) is 4.24. The molecule has 0 nitrogen and oxygen atoms in total. The predicted octanol–water partition coefficient (Wildman–Crippen LogP) is 6.45. The van der Waals surface area contributed by atoms with Gasteiger partial charge in [-0.3, -0.25) is 0 Å². The summed E-state index contributed by atoms with van der Waals surface area (Å²) < 4.78 is 0. The molecule has 0 saturated heterocycles. The first-order valence-electron chi connectivity index (χ1n) is 7.03. The number of aryl methyl sites for hydroxylation is 1. The Hall–Kier alpha value is -2.08. The lowest BCUT2D eigenvalue weighted by Gasteiger charge is -2.13. The largest absolute Gasteiger partial charge is 0.0990 e. The van der Waals surface area contributed by atoms with E-state index in [4.69, 9.17) is 0 Å². The highest BCUT2D eigenvalue weighted by Crippen LogP contribution is 2.28. The average Bonchev–Trinajstić information content (AvgIpc) is 2.48. The van der Waals surface area contributed by atoms with E-state index in [1.54, 1.807) is 6.08 Å². The van der Waals surface area contributed by atoms with Crippen molar-refractivity contribution in [3.63, 3.8) is 0 Å². The normalized spacial score (nSPS) is 10.7. The van der Waals surface area contributed by atoms with Crippen molar-refractivity contribution in [1.82, 2.24) is 0 Å². The first kappa shape index (κ1) is 17.9. The maximum Gasteiger partial charge on any atom is -0.0106 e. The van der Waals surface area contributed by atoms with Crippen molar-refractivity contribution < 1.29 is 0 Å². The zero-order valence-electron chi connectivity index (χ0n) is 13.2. The molecular weight excluding hydrogens is 240 g/mol. The van der Waals surface area contributed by atoms with Crippen LogP contribution in [-0.4, -0.2) is 0 Å². The molecule has 1 aromatic rings. The lowest BCUT2D eigenvalue weighted by atomic mass is 9.91. The summed E-state index contributed by atoms with van der Waals surface area (Å²) in [5.74, 6) is 0. The van der Waals surface area contributed by atoms with Crippen LogP contribution < -0.4 is 0 Å². The van der Waals surface area contributed by atoms with Crippen molar-refractivity contribution in [3.05, 3.63) is 78.4 Å². The summed E-state index contributed by atoms with van der Waals surface area (Å²) >= 11 is 0. The van der Waals surface area contributed by atoms with Crippen molar-refractivity contribution in [3.8, 4) is 0 Å². The summed E-state index contributed by atoms with van der Waals surface area (Å²) in [7, 11) is 0. The molecule has 0 unspecified atom stereocenters. The summed E-state index contributed by atoms with van der Waals surface area (Å²) in [6, 6.07) is 4.23. The second-order valence-electron chi connectivity index (χ2n) is 4.02. The van der Waals surface area contributed by atoms with Crippen LogP contribution in [0.2, 0.25) is 0 Å². The van der Waals surface area contributed by atoms with Crippen molar-refractivity contribution in [2.24, 2.45) is 0 Å². The summed E-state index contributed by atoms with van der Waals surface area (Å²) in [6.45, 7) is 19.7. The first-order chi connectivity index (χ1) is 9.69. The quantitative estimate of drug-likeness (QED) is 0.537. The van der Waals surface area contributed by atoms with Crippen LogP contribution in [-0.2, 0) is 0 Å². The van der Waals surface area contributed by atoms with Crippen LogP contribution in [0.15, 0.2) is 56.2 Å². The minimum Gasteiger partial charge on any atom is -0.0990 e. The van der Waals surface area contributed by atoms with E-state index < -0.39 is 0 Å². The summed E-state index contributed by atoms with van der Waals surface area (Å²) in [6.07, 6.45) is 11.7. The number of allylic oxidation sites excluding steroid dienone is 5. The molecule has 0 radical (unpaired) electrons. The van der Waals surface area contributed by atoms with E-state index in [1.165, 1.54) is 5.56 Å². The average molecular weight is 266 g/mol. The molecule has 1 rings (SSSR count). The fourth-order valence-corrected chi connectivity index (χ4v) is 2.03. The SMILES string of the molecule is C=C/C=C(\C=C/C)c1ccc(C)c(C=C)c1C=C.CC. The van der Waals surface area contributed by atoms with Gasteiger partial charge in [0, 0.05) is 0 Å². The van der Waals surface area contributed by atoms with Crippen LogP contribution in [0.3, 0.4) is 0 Å². The summed E-state index contributed by atoms with van der Waals surface area (Å²) in [5.41, 5.74) is 5.76. The second-order valence-corrected chi connectivity index (χ2v) is 4.02. The lowest BCUT2D eigenvalue weighted by Crippen LogP contribution is -1.93. The van der Waals surface area contributed by atoms with E-state index in [-0.39, 0.29) is 0 Å². The zero-order chi connectivity index (χ0) is 15.5. The highest BCUT2D eigenvalue weighted by molar-refractivity contribution is 5.84. The highest BCUT2D eigenvalue weighted by atomic mass is 14.1. The van der Waals surface area contributed by atoms with Crippen LogP contribution in [0, 0.1) is 6.92 Å². The highest BCUT2D eigenvalue weighted by Gasteiger charge is 2.08. The Morgan fingerprint density at radius 3 is 2.05 bits per heavy atom. The van der Waals surface area contributed by atoms with E-state index in [0.717, 1.165) is 22.3 Å². The van der Waals surface area contributed by atoms with Crippen LogP contribution >= 0.6 is 0 Å². The first-order valence-corrected chi connectivity index (χ1v) is 7.03. The Labute approximate surface area is 124 Å². The van der Waals surface area contributed by atoms with Gasteiger partial charge in [-0.15, -0.1) is 0 Å². The maximum absolute atomic E-state index is 3.92. The number of hydrogen-bond acceptors (Lipinski definition) is 0. The van der Waals surface area contributed by atoms with Gasteiger partial charge in [0.1, 0.15) is 0 Å². The van der Waals surface area contributed by atoms with E-state index in [0.29, 0.717) is 0 Å². The Kier molecular flexibility index (Phi) is 8.78. The summed E-state index contributed by atoms with van der Waals surface area (Å²) in [4.78, 5) is 0. The monoisotopic (exact) mass is 266 g/mol. The Morgan fingerprint density at radius 1 is 1.00 bits per heavy atom. The molecule has 0 heteroatoms. The molecule has 0 amide bonds. The second kappa shape index (κ2) is 9.80. The Bertz CT molecular complexity index is 525. The van der Waals surface area contributed by atoms with Gasteiger partial charge in [0.15, 0.2) is 0 Å². The van der Waals surface area contributed by atoms with Crippen molar-refractivity contribution in [2.45, 2.75) is 27.7 Å². The molecule has 0 bridgehead atoms. The van der Waals surface area contributed by atoms with Gasteiger partial charge in [0.2, 0.25) is 0 Å². The van der Waals surface area contributed by atoms with Crippen molar-refractivity contribution in [1.29, 1.82) is 0 Å². The standard InChI is InChI=1S/C18H20.C2H6/c1-6-10-15(11-7-2)18-13-12-14(5)16(8-3)17(18)9-4;1-2/h6-13H,1,3-4H2,2,5H3;1-2H3/b11-7-,15-10+;. The van der Waals surface area contributed by atoms with Gasteiger partial charge < -0.3 is 0 Å². The molecule has 0 aliphatic heterocycles. The van der Waals surface area contributed by atoms with E-state index in [9.17, 15) is 0 Å². The summed E-state index contributed by atoms with van der Waals surface area (Å²) in [5, 5.41) is 0. The van der Waals surface area contributed by atoms with Crippen LogP contribution in [0.5, 0.6) is 0 Å². The topological polar surface area (TPSA) is 0 Å². The molecule has 1 aromatic carbocycles. The van der Waals surface area contributed by atoms with Crippen molar-refractivity contribution >= 4 is 17.7 Å². The van der Waals surface area contributed by atoms with Crippen molar-refractivity contribution in [2.75, 3.05) is 0 Å². The maximum atomic E-state index is 3.92. The lowest BCUT2D eigenvalue weighted by molar-refractivity contribution is 1.41. The third-order valence-electron chi connectivity index (χ3n) is 2.87. The van der Waals surface area contributed by atoms with E-state index >= 15 is 0 Å². The molecule has 0 spiro atoms. The predicted molar refractivity (Wildman–Crippen MR) is 95.7 cm³/mol. The zero-order valence-corrected chi connectivity index (χ0v) is 13.2. The Morgan fingerprint density at radius 2 is 1.60 bits per heavy atom. The van der Waals surface area contributed by atoms with Crippen LogP contribution in [0.25, 0.3) is 17.7 Å². The van der Waals surface area contributed by atoms with Gasteiger partial charge in [-0.05, 0) is 41.7 Å². The van der Waals surface area contributed by atoms with Gasteiger partial charge in [-0.2, -0.15) is 0 Å². The fraction of sp³-hybridized carbons (Fsp3) is 0.200. The number of hydrogen-bond donors (Lipinski definition) is 0.